The summed E-state index contributed by atoms with van der Waals surface area (Å²) in [6.45, 7) is 0.609. The Hall–Kier alpha value is -4.41. The van der Waals surface area contributed by atoms with Gasteiger partial charge in [0, 0.05) is 11.8 Å². The van der Waals surface area contributed by atoms with E-state index in [9.17, 15) is 32.1 Å². The van der Waals surface area contributed by atoms with Crippen molar-refractivity contribution >= 4 is 33.1 Å². The minimum absolute atomic E-state index is 0.0658. The van der Waals surface area contributed by atoms with Crippen LogP contribution in [0, 0.1) is 17.0 Å². The summed E-state index contributed by atoms with van der Waals surface area (Å²) in [5, 5.41) is 17.0. The number of nitro groups is 1. The number of carbonyl (C=O) groups is 1. The number of benzene rings is 1. The number of hydrogen-bond acceptors (Lipinski definition) is 10. The van der Waals surface area contributed by atoms with Gasteiger partial charge in [-0.05, 0) is 31.2 Å². The molecule has 1 amide bonds. The van der Waals surface area contributed by atoms with Crippen molar-refractivity contribution in [1.82, 2.24) is 19.7 Å². The molecule has 0 fully saturated rings. The molecule has 192 valence electrons. The smallest absolute Gasteiger partial charge is 0.321 e. The SMILES string of the molecule is COc1cc(NS(=O)(=O)c2ccc(NC(=O)Cn3nc(C(F)F)c([N+](=O)[O-])c3C)cc2)nc(OC)n1. The Morgan fingerprint density at radius 1 is 1.19 bits per heavy atom. The second-order valence-electron chi connectivity index (χ2n) is 7.00. The third-order valence-electron chi connectivity index (χ3n) is 4.64. The zero-order valence-electron chi connectivity index (χ0n) is 18.9. The van der Waals surface area contributed by atoms with E-state index in [0.717, 1.165) is 4.68 Å². The van der Waals surface area contributed by atoms with Gasteiger partial charge in [-0.15, -0.1) is 0 Å². The monoisotopic (exact) mass is 527 g/mol. The number of nitrogens with zero attached hydrogens (tertiary/aromatic N) is 5. The maximum atomic E-state index is 13.1. The lowest BCUT2D eigenvalue weighted by Gasteiger charge is -2.10. The molecule has 2 N–H and O–H groups in total. The molecule has 0 unspecified atom stereocenters. The number of ether oxygens (including phenoxy) is 2. The van der Waals surface area contributed by atoms with Gasteiger partial charge in [-0.25, -0.2) is 17.2 Å². The lowest BCUT2D eigenvalue weighted by Crippen LogP contribution is -2.20. The summed E-state index contributed by atoms with van der Waals surface area (Å²) < 4.78 is 64.4. The zero-order valence-corrected chi connectivity index (χ0v) is 19.7. The van der Waals surface area contributed by atoms with Crippen LogP contribution in [0.15, 0.2) is 35.2 Å². The second kappa shape index (κ2) is 10.5. The normalized spacial score (nSPS) is 11.3. The summed E-state index contributed by atoms with van der Waals surface area (Å²) in [5.41, 5.74) is -1.93. The van der Waals surface area contributed by atoms with Crippen molar-refractivity contribution in [3.05, 3.63) is 51.8 Å². The highest BCUT2D eigenvalue weighted by atomic mass is 32.2. The van der Waals surface area contributed by atoms with Gasteiger partial charge in [-0.2, -0.15) is 15.1 Å². The van der Waals surface area contributed by atoms with Crippen LogP contribution in [0.3, 0.4) is 0 Å². The first-order valence-corrected chi connectivity index (χ1v) is 11.3. The summed E-state index contributed by atoms with van der Waals surface area (Å²) in [4.78, 5) is 30.0. The predicted molar refractivity (Wildman–Crippen MR) is 120 cm³/mol. The molecule has 17 heteroatoms. The van der Waals surface area contributed by atoms with Crippen molar-refractivity contribution in [1.29, 1.82) is 0 Å². The maximum absolute atomic E-state index is 13.1. The predicted octanol–water partition coefficient (Wildman–Crippen LogP) is 2.28. The highest BCUT2D eigenvalue weighted by Crippen LogP contribution is 2.30. The van der Waals surface area contributed by atoms with Crippen molar-refractivity contribution in [2.75, 3.05) is 24.3 Å². The van der Waals surface area contributed by atoms with Crippen LogP contribution in [-0.4, -0.2) is 53.2 Å². The van der Waals surface area contributed by atoms with Crippen molar-refractivity contribution in [3.8, 4) is 11.9 Å². The molecule has 0 atom stereocenters. The molecule has 3 aromatic rings. The Bertz CT molecular complexity index is 1370. The summed E-state index contributed by atoms with van der Waals surface area (Å²) in [6, 6.07) is 6.10. The van der Waals surface area contributed by atoms with E-state index in [-0.39, 0.29) is 34.0 Å². The largest absolute Gasteiger partial charge is 0.481 e. The molecule has 3 rings (SSSR count). The van der Waals surface area contributed by atoms with Gasteiger partial charge in [-0.3, -0.25) is 24.3 Å². The molecule has 14 nitrogen and oxygen atoms in total. The molecule has 2 heterocycles. The van der Waals surface area contributed by atoms with Crippen LogP contribution in [0.25, 0.3) is 0 Å². The number of nitrogens with one attached hydrogen (secondary N) is 2. The molecule has 0 saturated carbocycles. The van der Waals surface area contributed by atoms with Gasteiger partial charge in [0.15, 0.2) is 5.82 Å². The zero-order chi connectivity index (χ0) is 26.6. The average Bonchev–Trinajstić information content (AvgIpc) is 3.15. The second-order valence-corrected chi connectivity index (χ2v) is 8.68. The number of amides is 1. The van der Waals surface area contributed by atoms with E-state index in [2.05, 4.69) is 25.1 Å². The summed E-state index contributed by atoms with van der Waals surface area (Å²) in [6.07, 6.45) is -3.19. The highest BCUT2D eigenvalue weighted by molar-refractivity contribution is 7.92. The van der Waals surface area contributed by atoms with Gasteiger partial charge in [-0.1, -0.05) is 0 Å². The van der Waals surface area contributed by atoms with Crippen LogP contribution in [0.1, 0.15) is 17.8 Å². The molecule has 0 aliphatic rings. The fourth-order valence-corrected chi connectivity index (χ4v) is 3.98. The van der Waals surface area contributed by atoms with E-state index >= 15 is 0 Å². The number of halogens is 2. The van der Waals surface area contributed by atoms with Crippen molar-refractivity contribution in [3.63, 3.8) is 0 Å². The summed E-state index contributed by atoms with van der Waals surface area (Å²) in [5.74, 6) is -0.774. The standard InChI is InChI=1S/C19H19F2N7O7S/c1-10-17(28(30)31)16(18(20)21)25-27(10)9-14(29)22-11-4-6-12(7-5-11)36(32,33)26-13-8-15(34-2)24-19(23-13)35-3/h4-8,18H,9H2,1-3H3,(H,22,29)(H,23,24,26). The molecule has 36 heavy (non-hydrogen) atoms. The fraction of sp³-hybridized carbons (Fsp3) is 0.263. The Labute approximate surface area is 202 Å². The first kappa shape index (κ1) is 26.2. The van der Waals surface area contributed by atoms with Crippen LogP contribution < -0.4 is 19.5 Å². The lowest BCUT2D eigenvalue weighted by molar-refractivity contribution is -0.386. The van der Waals surface area contributed by atoms with E-state index in [1.165, 1.54) is 51.5 Å². The van der Waals surface area contributed by atoms with Gasteiger partial charge < -0.3 is 14.8 Å². The van der Waals surface area contributed by atoms with Crippen LogP contribution in [0.4, 0.5) is 26.0 Å². The van der Waals surface area contributed by atoms with E-state index < -0.39 is 45.2 Å². The number of anilines is 2. The van der Waals surface area contributed by atoms with Gasteiger partial charge in [0.2, 0.25) is 17.5 Å². The summed E-state index contributed by atoms with van der Waals surface area (Å²) in [7, 11) is -1.46. The number of methoxy groups -OCH3 is 2. The molecule has 0 aliphatic carbocycles. The first-order chi connectivity index (χ1) is 16.9. The molecule has 1 aromatic carbocycles. The number of sulfonamides is 1. The molecule has 0 bridgehead atoms. The van der Waals surface area contributed by atoms with E-state index in [1.807, 2.05) is 0 Å². The van der Waals surface area contributed by atoms with Crippen LogP contribution in [0.5, 0.6) is 11.9 Å². The van der Waals surface area contributed by atoms with Gasteiger partial charge >= 0.3 is 11.7 Å². The van der Waals surface area contributed by atoms with Crippen molar-refractivity contribution < 1.29 is 36.4 Å². The molecule has 0 aliphatic heterocycles. The van der Waals surface area contributed by atoms with Gasteiger partial charge in [0.1, 0.15) is 12.2 Å². The molecule has 0 saturated heterocycles. The molecule has 0 spiro atoms. The van der Waals surface area contributed by atoms with Crippen LogP contribution in [-0.2, 0) is 21.4 Å². The lowest BCUT2D eigenvalue weighted by atomic mass is 10.3. The van der Waals surface area contributed by atoms with E-state index in [0.29, 0.717) is 0 Å². The minimum atomic E-state index is -4.09. The quantitative estimate of drug-likeness (QED) is 0.293. The average molecular weight is 527 g/mol. The number of aromatic nitrogens is 4. The third-order valence-corrected chi connectivity index (χ3v) is 6.02. The molecule has 2 aromatic heterocycles. The number of alkyl halides is 2. The Morgan fingerprint density at radius 2 is 1.86 bits per heavy atom. The van der Waals surface area contributed by atoms with Crippen LogP contribution in [0.2, 0.25) is 0 Å². The fourth-order valence-electron chi connectivity index (χ4n) is 2.99. The maximum Gasteiger partial charge on any atom is 0.321 e. The van der Waals surface area contributed by atoms with E-state index in [1.54, 1.807) is 0 Å². The first-order valence-electron chi connectivity index (χ1n) is 9.84. The topological polar surface area (TPSA) is 180 Å². The number of hydrogen-bond donors (Lipinski definition) is 2. The molecule has 0 radical (unpaired) electrons. The summed E-state index contributed by atoms with van der Waals surface area (Å²) >= 11 is 0. The number of carbonyl (C=O) groups excluding carboxylic acids is 1. The van der Waals surface area contributed by atoms with Gasteiger partial charge in [0.25, 0.3) is 16.4 Å². The Balaban J connectivity index is 1.72. The molecular weight excluding hydrogens is 508 g/mol. The third kappa shape index (κ3) is 5.80. The Morgan fingerprint density at radius 3 is 2.39 bits per heavy atom. The molecular formula is C19H19F2N7O7S. The van der Waals surface area contributed by atoms with Gasteiger partial charge in [0.05, 0.1) is 24.0 Å². The van der Waals surface area contributed by atoms with Crippen LogP contribution >= 0.6 is 0 Å². The highest BCUT2D eigenvalue weighted by Gasteiger charge is 2.31. The minimum Gasteiger partial charge on any atom is -0.481 e. The van der Waals surface area contributed by atoms with E-state index in [4.69, 9.17) is 9.47 Å². The van der Waals surface area contributed by atoms with Crippen molar-refractivity contribution in [2.45, 2.75) is 24.8 Å². The number of rotatable bonds is 10. The van der Waals surface area contributed by atoms with Crippen molar-refractivity contribution in [2.24, 2.45) is 0 Å². The Kier molecular flexibility index (Phi) is 7.62.